The van der Waals surface area contributed by atoms with Gasteiger partial charge in [0, 0.05) is 24.0 Å². The van der Waals surface area contributed by atoms with Gasteiger partial charge in [-0.1, -0.05) is 45.4 Å². The third kappa shape index (κ3) is 5.75. The molecule has 3 N–H and O–H groups in total. The summed E-state index contributed by atoms with van der Waals surface area (Å²) in [6.45, 7) is 2.24. The fraction of sp³-hybridized carbons (Fsp3) is 0.692. The van der Waals surface area contributed by atoms with Gasteiger partial charge >= 0.3 is 0 Å². The van der Waals surface area contributed by atoms with Crippen molar-refractivity contribution in [2.45, 2.75) is 57.9 Å². The van der Waals surface area contributed by atoms with Gasteiger partial charge in [0.05, 0.1) is 0 Å². The quantitative estimate of drug-likeness (QED) is 0.393. The molecule has 1 atom stereocenters. The van der Waals surface area contributed by atoms with E-state index < -0.39 is 0 Å². The number of nitrogens with one attached hydrogen (secondary N) is 1. The number of unbranched alkanes of at least 4 members (excludes halogenated alkanes) is 5. The maximum Gasteiger partial charge on any atom is 0.115 e. The van der Waals surface area contributed by atoms with E-state index in [1.54, 1.807) is 6.33 Å². The Morgan fingerprint density at radius 2 is 1.76 bits per heavy atom. The van der Waals surface area contributed by atoms with Crippen LogP contribution in [0.15, 0.2) is 18.7 Å². The van der Waals surface area contributed by atoms with E-state index in [1.807, 2.05) is 12.4 Å². The lowest BCUT2D eigenvalue weighted by Gasteiger charge is -2.15. The minimum Gasteiger partial charge on any atom is -0.271 e. The normalized spacial score (nSPS) is 12.6. The summed E-state index contributed by atoms with van der Waals surface area (Å²) in [6.07, 6.45) is 14.1. The van der Waals surface area contributed by atoms with Crippen molar-refractivity contribution in [1.29, 1.82) is 0 Å². The summed E-state index contributed by atoms with van der Waals surface area (Å²) < 4.78 is 0. The van der Waals surface area contributed by atoms with E-state index in [-0.39, 0.29) is 6.04 Å². The molecule has 1 heterocycles. The molecule has 0 spiro atoms. The van der Waals surface area contributed by atoms with Crippen LogP contribution in [0.5, 0.6) is 0 Å². The highest BCUT2D eigenvalue weighted by Crippen LogP contribution is 2.18. The summed E-state index contributed by atoms with van der Waals surface area (Å²) in [5.74, 6) is 5.56. The summed E-state index contributed by atoms with van der Waals surface area (Å²) in [7, 11) is 0. The van der Waals surface area contributed by atoms with Gasteiger partial charge in [-0.15, -0.1) is 0 Å². The number of hydrogen-bond acceptors (Lipinski definition) is 4. The summed E-state index contributed by atoms with van der Waals surface area (Å²) in [5, 5.41) is 0. The lowest BCUT2D eigenvalue weighted by molar-refractivity contribution is 0.475. The maximum atomic E-state index is 5.56. The Bertz CT molecular complexity index is 276. The van der Waals surface area contributed by atoms with Crippen molar-refractivity contribution in [3.05, 3.63) is 24.3 Å². The summed E-state index contributed by atoms with van der Waals surface area (Å²) in [5.41, 5.74) is 3.91. The molecule has 1 rings (SSSR count). The molecule has 0 aliphatic rings. The minimum atomic E-state index is 0.183. The molecular weight excluding hydrogens is 212 g/mol. The van der Waals surface area contributed by atoms with Crippen LogP contribution in [0.3, 0.4) is 0 Å². The average molecular weight is 236 g/mol. The van der Waals surface area contributed by atoms with E-state index in [0.29, 0.717) is 0 Å². The highest BCUT2D eigenvalue weighted by Gasteiger charge is 2.09. The Morgan fingerprint density at radius 3 is 2.41 bits per heavy atom. The first-order chi connectivity index (χ1) is 8.38. The van der Waals surface area contributed by atoms with Gasteiger partial charge in [0.1, 0.15) is 6.33 Å². The van der Waals surface area contributed by atoms with Crippen LogP contribution < -0.4 is 11.3 Å². The van der Waals surface area contributed by atoms with Crippen LogP contribution >= 0.6 is 0 Å². The van der Waals surface area contributed by atoms with Crippen molar-refractivity contribution in [2.75, 3.05) is 0 Å². The second-order valence-electron chi connectivity index (χ2n) is 4.45. The van der Waals surface area contributed by atoms with Gasteiger partial charge in [0.25, 0.3) is 0 Å². The molecule has 1 unspecified atom stereocenters. The largest absolute Gasteiger partial charge is 0.271 e. The lowest BCUT2D eigenvalue weighted by Crippen LogP contribution is -2.28. The number of hydrazine groups is 1. The van der Waals surface area contributed by atoms with Crippen LogP contribution in [-0.4, -0.2) is 9.97 Å². The molecule has 96 valence electrons. The van der Waals surface area contributed by atoms with Gasteiger partial charge in [0.15, 0.2) is 0 Å². The van der Waals surface area contributed by atoms with E-state index in [2.05, 4.69) is 22.3 Å². The van der Waals surface area contributed by atoms with Crippen molar-refractivity contribution in [3.63, 3.8) is 0 Å². The zero-order chi connectivity index (χ0) is 12.3. The van der Waals surface area contributed by atoms with Crippen LogP contribution in [0.4, 0.5) is 0 Å². The van der Waals surface area contributed by atoms with Crippen LogP contribution in [0.1, 0.15) is 63.5 Å². The smallest absolute Gasteiger partial charge is 0.115 e. The van der Waals surface area contributed by atoms with Crippen molar-refractivity contribution in [1.82, 2.24) is 15.4 Å². The highest BCUT2D eigenvalue weighted by atomic mass is 15.2. The zero-order valence-corrected chi connectivity index (χ0v) is 10.7. The average Bonchev–Trinajstić information content (AvgIpc) is 2.39. The van der Waals surface area contributed by atoms with Crippen LogP contribution in [0.25, 0.3) is 0 Å². The molecule has 1 aromatic heterocycles. The SMILES string of the molecule is CCCCCCCCC(NN)c1cncnc1. The number of hydrogen-bond donors (Lipinski definition) is 2. The van der Waals surface area contributed by atoms with Crippen molar-refractivity contribution in [2.24, 2.45) is 5.84 Å². The summed E-state index contributed by atoms with van der Waals surface area (Å²) in [6, 6.07) is 0.183. The van der Waals surface area contributed by atoms with Gasteiger partial charge in [0.2, 0.25) is 0 Å². The van der Waals surface area contributed by atoms with Crippen molar-refractivity contribution in [3.8, 4) is 0 Å². The zero-order valence-electron chi connectivity index (χ0n) is 10.7. The van der Waals surface area contributed by atoms with E-state index in [4.69, 9.17) is 5.84 Å². The Morgan fingerprint density at radius 1 is 1.12 bits per heavy atom. The third-order valence-electron chi connectivity index (χ3n) is 3.03. The molecule has 0 bridgehead atoms. The highest BCUT2D eigenvalue weighted by molar-refractivity contribution is 5.08. The van der Waals surface area contributed by atoms with Gasteiger partial charge < -0.3 is 0 Å². The Balaban J connectivity index is 2.20. The molecular formula is C13H24N4. The molecule has 17 heavy (non-hydrogen) atoms. The van der Waals surface area contributed by atoms with Crippen LogP contribution in [-0.2, 0) is 0 Å². The molecule has 0 fully saturated rings. The molecule has 0 radical (unpaired) electrons. The first-order valence-electron chi connectivity index (χ1n) is 6.59. The first-order valence-corrected chi connectivity index (χ1v) is 6.59. The molecule has 0 saturated heterocycles. The molecule has 0 saturated carbocycles. The topological polar surface area (TPSA) is 63.8 Å². The van der Waals surface area contributed by atoms with Crippen molar-refractivity contribution >= 4 is 0 Å². The molecule has 0 amide bonds. The fourth-order valence-electron chi connectivity index (χ4n) is 1.97. The Hall–Kier alpha value is -1.00. The third-order valence-corrected chi connectivity index (χ3v) is 3.03. The molecule has 0 aromatic carbocycles. The predicted molar refractivity (Wildman–Crippen MR) is 70.1 cm³/mol. The van der Waals surface area contributed by atoms with E-state index in [0.717, 1.165) is 12.0 Å². The second-order valence-corrected chi connectivity index (χ2v) is 4.45. The van der Waals surface area contributed by atoms with Crippen LogP contribution in [0, 0.1) is 0 Å². The van der Waals surface area contributed by atoms with Crippen LogP contribution in [0.2, 0.25) is 0 Å². The molecule has 0 aliphatic heterocycles. The van der Waals surface area contributed by atoms with Gasteiger partial charge in [-0.05, 0) is 6.42 Å². The van der Waals surface area contributed by atoms with Gasteiger partial charge in [-0.2, -0.15) is 0 Å². The number of nitrogens with zero attached hydrogens (tertiary/aromatic N) is 2. The van der Waals surface area contributed by atoms with Crippen molar-refractivity contribution < 1.29 is 0 Å². The molecule has 4 heteroatoms. The predicted octanol–water partition coefficient (Wildman–Crippen LogP) is 2.73. The summed E-state index contributed by atoms with van der Waals surface area (Å²) >= 11 is 0. The number of rotatable bonds is 9. The number of aromatic nitrogens is 2. The van der Waals surface area contributed by atoms with E-state index in [9.17, 15) is 0 Å². The second kappa shape index (κ2) is 9.07. The van der Waals surface area contributed by atoms with E-state index in [1.165, 1.54) is 38.5 Å². The Labute approximate surface area is 104 Å². The number of nitrogens with two attached hydrogens (primary N) is 1. The minimum absolute atomic E-state index is 0.183. The summed E-state index contributed by atoms with van der Waals surface area (Å²) in [4.78, 5) is 8.03. The molecule has 1 aromatic rings. The standard InChI is InChI=1S/C13H24N4/c1-2-3-4-5-6-7-8-13(17-14)12-9-15-11-16-10-12/h9-11,13,17H,2-8,14H2,1H3. The van der Waals surface area contributed by atoms with Gasteiger partial charge in [-0.25, -0.2) is 9.97 Å². The lowest BCUT2D eigenvalue weighted by atomic mass is 10.0. The fourth-order valence-corrected chi connectivity index (χ4v) is 1.97. The van der Waals surface area contributed by atoms with E-state index >= 15 is 0 Å². The molecule has 4 nitrogen and oxygen atoms in total. The van der Waals surface area contributed by atoms with Gasteiger partial charge in [-0.3, -0.25) is 11.3 Å². The first kappa shape index (κ1) is 14.1. The monoisotopic (exact) mass is 236 g/mol. The maximum absolute atomic E-state index is 5.56. The molecule has 0 aliphatic carbocycles. The Kier molecular flexibility index (Phi) is 7.51.